The number of ether oxygens (including phenoxy) is 1. The summed E-state index contributed by atoms with van der Waals surface area (Å²) >= 11 is 5.81. The molecule has 94 valence electrons. The molecule has 0 aromatic carbocycles. The van der Waals surface area contributed by atoms with Gasteiger partial charge in [0.05, 0.1) is 29.2 Å². The first-order valence-electron chi connectivity index (χ1n) is 5.61. The Morgan fingerprint density at radius 2 is 2.11 bits per heavy atom. The maximum Gasteiger partial charge on any atom is 0.147 e. The number of nitrogens with zero attached hydrogens (tertiary/aromatic N) is 2. The summed E-state index contributed by atoms with van der Waals surface area (Å²) in [6.45, 7) is 1.90. The molecular formula is C13H13ClN2O2. The molecule has 5 heteroatoms. The molecule has 2 aromatic rings. The Kier molecular flexibility index (Phi) is 4.12. The van der Waals surface area contributed by atoms with E-state index in [1.54, 1.807) is 30.6 Å². The number of hydrogen-bond acceptors (Lipinski definition) is 4. The first-order chi connectivity index (χ1) is 8.69. The van der Waals surface area contributed by atoms with Gasteiger partial charge in [-0.15, -0.1) is 0 Å². The summed E-state index contributed by atoms with van der Waals surface area (Å²) in [5, 5.41) is 10.1. The highest BCUT2D eigenvalue weighted by Gasteiger charge is 2.06. The van der Waals surface area contributed by atoms with E-state index in [4.69, 9.17) is 16.3 Å². The van der Waals surface area contributed by atoms with Crippen molar-refractivity contribution in [2.45, 2.75) is 19.4 Å². The van der Waals surface area contributed by atoms with Crippen molar-refractivity contribution in [1.29, 1.82) is 0 Å². The van der Waals surface area contributed by atoms with E-state index < -0.39 is 6.10 Å². The first-order valence-corrected chi connectivity index (χ1v) is 5.99. The van der Waals surface area contributed by atoms with Gasteiger partial charge in [0.25, 0.3) is 0 Å². The Morgan fingerprint density at radius 1 is 1.28 bits per heavy atom. The number of aromatic nitrogens is 2. The van der Waals surface area contributed by atoms with Crippen molar-refractivity contribution in [2.24, 2.45) is 0 Å². The number of hydrogen-bond donors (Lipinski definition) is 1. The van der Waals surface area contributed by atoms with Crippen LogP contribution >= 0.6 is 11.6 Å². The fourth-order valence-corrected chi connectivity index (χ4v) is 1.61. The average molecular weight is 265 g/mol. The maximum atomic E-state index is 9.62. The van der Waals surface area contributed by atoms with Crippen LogP contribution < -0.4 is 4.74 Å². The topological polar surface area (TPSA) is 55.2 Å². The van der Waals surface area contributed by atoms with Gasteiger partial charge in [-0.3, -0.25) is 9.97 Å². The predicted molar refractivity (Wildman–Crippen MR) is 68.8 cm³/mol. The van der Waals surface area contributed by atoms with Crippen LogP contribution in [0.5, 0.6) is 11.5 Å². The molecule has 0 saturated carbocycles. The molecule has 1 N–H and O–H groups in total. The Balaban J connectivity index is 2.11. The van der Waals surface area contributed by atoms with Gasteiger partial charge in [-0.05, 0) is 18.6 Å². The molecule has 0 fully saturated rings. The zero-order chi connectivity index (χ0) is 13.0. The fraction of sp³-hybridized carbons (Fsp3) is 0.231. The van der Waals surface area contributed by atoms with Crippen molar-refractivity contribution in [3.63, 3.8) is 0 Å². The van der Waals surface area contributed by atoms with Crippen molar-refractivity contribution < 1.29 is 9.84 Å². The third-order valence-corrected chi connectivity index (χ3v) is 2.61. The van der Waals surface area contributed by atoms with Crippen LogP contribution in [0, 0.1) is 0 Å². The number of rotatable bonds is 4. The molecule has 0 radical (unpaired) electrons. The lowest BCUT2D eigenvalue weighted by Gasteiger charge is -2.08. The van der Waals surface area contributed by atoms with E-state index >= 15 is 0 Å². The molecule has 0 bridgehead atoms. The van der Waals surface area contributed by atoms with Crippen molar-refractivity contribution >= 4 is 11.6 Å². The minimum Gasteiger partial charge on any atom is -0.454 e. The van der Waals surface area contributed by atoms with Gasteiger partial charge in [0, 0.05) is 12.3 Å². The van der Waals surface area contributed by atoms with Crippen LogP contribution in [0.3, 0.4) is 0 Å². The number of aliphatic hydroxyl groups excluding tert-OH is 1. The van der Waals surface area contributed by atoms with E-state index in [1.807, 2.05) is 6.92 Å². The normalized spacial score (nSPS) is 12.2. The third kappa shape index (κ3) is 3.18. The van der Waals surface area contributed by atoms with E-state index in [9.17, 15) is 5.11 Å². The van der Waals surface area contributed by atoms with E-state index in [2.05, 4.69) is 9.97 Å². The monoisotopic (exact) mass is 264 g/mol. The van der Waals surface area contributed by atoms with Gasteiger partial charge in [0.2, 0.25) is 0 Å². The summed E-state index contributed by atoms with van der Waals surface area (Å²) in [7, 11) is 0. The Morgan fingerprint density at radius 3 is 2.72 bits per heavy atom. The van der Waals surface area contributed by atoms with Gasteiger partial charge in [-0.25, -0.2) is 0 Å². The van der Waals surface area contributed by atoms with Gasteiger partial charge < -0.3 is 9.84 Å². The largest absolute Gasteiger partial charge is 0.454 e. The zero-order valence-corrected chi connectivity index (χ0v) is 10.6. The smallest absolute Gasteiger partial charge is 0.147 e. The van der Waals surface area contributed by atoms with E-state index in [-0.39, 0.29) is 0 Å². The van der Waals surface area contributed by atoms with Crippen molar-refractivity contribution in [3.8, 4) is 11.5 Å². The molecule has 0 aliphatic heterocycles. The van der Waals surface area contributed by atoms with Gasteiger partial charge in [-0.1, -0.05) is 18.5 Å². The minimum atomic E-state index is -0.535. The molecule has 4 nitrogen and oxygen atoms in total. The summed E-state index contributed by atoms with van der Waals surface area (Å²) in [6.07, 6.45) is 4.76. The molecule has 0 aliphatic rings. The predicted octanol–water partition coefficient (Wildman–Crippen LogP) is 3.37. The van der Waals surface area contributed by atoms with E-state index in [0.717, 1.165) is 0 Å². The van der Waals surface area contributed by atoms with E-state index in [1.165, 1.54) is 6.20 Å². The second-order valence-electron chi connectivity index (χ2n) is 3.78. The second-order valence-corrected chi connectivity index (χ2v) is 4.22. The Bertz CT molecular complexity index is 517. The molecule has 2 heterocycles. The number of aliphatic hydroxyl groups is 1. The third-order valence-electron chi connectivity index (χ3n) is 2.40. The molecule has 18 heavy (non-hydrogen) atoms. The highest BCUT2D eigenvalue weighted by Crippen LogP contribution is 2.23. The molecule has 0 amide bonds. The maximum absolute atomic E-state index is 9.62. The first kappa shape index (κ1) is 12.8. The zero-order valence-electron chi connectivity index (χ0n) is 9.88. The van der Waals surface area contributed by atoms with Crippen molar-refractivity contribution in [3.05, 3.63) is 47.5 Å². The Hall–Kier alpha value is -1.65. The molecule has 0 saturated heterocycles. The van der Waals surface area contributed by atoms with Crippen LogP contribution in [0.2, 0.25) is 5.02 Å². The molecule has 1 unspecified atom stereocenters. The lowest BCUT2D eigenvalue weighted by Crippen LogP contribution is -1.98. The average Bonchev–Trinajstić information content (AvgIpc) is 2.39. The lowest BCUT2D eigenvalue weighted by atomic mass is 10.2. The molecule has 0 spiro atoms. The number of pyridine rings is 2. The summed E-state index contributed by atoms with van der Waals surface area (Å²) in [5.74, 6) is 1.12. The molecule has 2 aromatic heterocycles. The highest BCUT2D eigenvalue weighted by molar-refractivity contribution is 6.30. The summed E-state index contributed by atoms with van der Waals surface area (Å²) in [5.41, 5.74) is 0.633. The van der Waals surface area contributed by atoms with Gasteiger partial charge in [0.15, 0.2) is 0 Å². The summed E-state index contributed by atoms with van der Waals surface area (Å²) < 4.78 is 5.54. The van der Waals surface area contributed by atoms with Crippen LogP contribution in [-0.4, -0.2) is 15.1 Å². The van der Waals surface area contributed by atoms with Crippen molar-refractivity contribution in [2.75, 3.05) is 0 Å². The second kappa shape index (κ2) is 5.80. The quantitative estimate of drug-likeness (QED) is 0.920. The molecule has 1 atom stereocenters. The van der Waals surface area contributed by atoms with Crippen LogP contribution in [0.25, 0.3) is 0 Å². The van der Waals surface area contributed by atoms with Crippen LogP contribution in [0.15, 0.2) is 36.8 Å². The minimum absolute atomic E-state index is 0.512. The molecular weight excluding hydrogens is 252 g/mol. The summed E-state index contributed by atoms with van der Waals surface area (Å²) in [4.78, 5) is 8.06. The number of halogens is 1. The SMILES string of the molecule is CCC(O)c1ccc(Oc2cncc(Cl)c2)cn1. The Labute approximate surface area is 110 Å². The van der Waals surface area contributed by atoms with E-state index in [0.29, 0.717) is 28.6 Å². The highest BCUT2D eigenvalue weighted by atomic mass is 35.5. The fourth-order valence-electron chi connectivity index (χ4n) is 1.44. The van der Waals surface area contributed by atoms with Crippen LogP contribution in [0.4, 0.5) is 0 Å². The molecule has 0 aliphatic carbocycles. The van der Waals surface area contributed by atoms with Crippen molar-refractivity contribution in [1.82, 2.24) is 9.97 Å². The standard InChI is InChI=1S/C13H13ClN2O2/c1-2-13(17)12-4-3-10(8-16-12)18-11-5-9(14)6-15-7-11/h3-8,13,17H,2H2,1H3. The van der Waals surface area contributed by atoms with Gasteiger partial charge >= 0.3 is 0 Å². The van der Waals surface area contributed by atoms with Crippen LogP contribution in [0.1, 0.15) is 25.1 Å². The summed E-state index contributed by atoms with van der Waals surface area (Å²) in [6, 6.07) is 5.16. The molecule has 2 rings (SSSR count). The lowest BCUT2D eigenvalue weighted by molar-refractivity contribution is 0.169. The van der Waals surface area contributed by atoms with Gasteiger partial charge in [0.1, 0.15) is 11.5 Å². The van der Waals surface area contributed by atoms with Crippen LogP contribution in [-0.2, 0) is 0 Å². The van der Waals surface area contributed by atoms with Gasteiger partial charge in [-0.2, -0.15) is 0 Å².